The molecule has 2 heterocycles. The van der Waals surface area contributed by atoms with Gasteiger partial charge >= 0.3 is 0 Å². The van der Waals surface area contributed by atoms with E-state index in [9.17, 15) is 4.79 Å². The fourth-order valence-corrected chi connectivity index (χ4v) is 3.77. The smallest absolute Gasteiger partial charge is 0.234 e. The molecule has 1 aromatic carbocycles. The van der Waals surface area contributed by atoms with Crippen LogP contribution in [0.4, 0.5) is 5.69 Å². The van der Waals surface area contributed by atoms with Gasteiger partial charge in [0.1, 0.15) is 5.69 Å². The van der Waals surface area contributed by atoms with Crippen LogP contribution in [-0.2, 0) is 11.3 Å². The minimum atomic E-state index is -0.0678. The number of anilines is 1. The van der Waals surface area contributed by atoms with Gasteiger partial charge in [-0.3, -0.25) is 9.78 Å². The molecule has 27 heavy (non-hydrogen) atoms. The molecule has 7 nitrogen and oxygen atoms in total. The molecule has 1 amide bonds. The first-order valence-corrected chi connectivity index (χ1v) is 9.68. The standard InChI is InChI=1S/C19H22N6OS/c1-5-25-18(15-10-20-6-7-21-15)23-24-19(25)27-11-16(26)22-17-13(3)8-12(2)9-14(17)4/h6-10H,5,11H2,1-4H3,(H,22,26). The molecule has 3 rings (SSSR count). The third-order valence-corrected chi connectivity index (χ3v) is 5.07. The van der Waals surface area contributed by atoms with Gasteiger partial charge < -0.3 is 9.88 Å². The van der Waals surface area contributed by atoms with Crippen LogP contribution < -0.4 is 5.32 Å². The first kappa shape index (κ1) is 19.0. The van der Waals surface area contributed by atoms with E-state index in [1.54, 1.807) is 18.6 Å². The summed E-state index contributed by atoms with van der Waals surface area (Å²) in [7, 11) is 0. The Kier molecular flexibility index (Phi) is 5.85. The molecule has 0 spiro atoms. The highest BCUT2D eigenvalue weighted by Crippen LogP contribution is 2.24. The maximum absolute atomic E-state index is 12.4. The van der Waals surface area contributed by atoms with E-state index in [0.29, 0.717) is 23.2 Å². The van der Waals surface area contributed by atoms with Crippen molar-refractivity contribution in [3.63, 3.8) is 0 Å². The van der Waals surface area contributed by atoms with Gasteiger partial charge in [-0.15, -0.1) is 10.2 Å². The Balaban J connectivity index is 1.70. The van der Waals surface area contributed by atoms with E-state index >= 15 is 0 Å². The molecule has 0 saturated heterocycles. The molecule has 8 heteroatoms. The number of amides is 1. The van der Waals surface area contributed by atoms with Crippen molar-refractivity contribution in [3.8, 4) is 11.5 Å². The van der Waals surface area contributed by atoms with Crippen LogP contribution >= 0.6 is 11.8 Å². The zero-order valence-electron chi connectivity index (χ0n) is 15.9. The van der Waals surface area contributed by atoms with Crippen LogP contribution in [0.15, 0.2) is 35.9 Å². The van der Waals surface area contributed by atoms with Gasteiger partial charge in [0.05, 0.1) is 11.9 Å². The highest BCUT2D eigenvalue weighted by molar-refractivity contribution is 7.99. The fraction of sp³-hybridized carbons (Fsp3) is 0.316. The zero-order valence-corrected chi connectivity index (χ0v) is 16.7. The predicted octanol–water partition coefficient (Wildman–Crippen LogP) is 3.41. The van der Waals surface area contributed by atoms with Crippen LogP contribution in [-0.4, -0.2) is 36.4 Å². The van der Waals surface area contributed by atoms with Crippen molar-refractivity contribution >= 4 is 23.4 Å². The number of aromatic nitrogens is 5. The Bertz CT molecular complexity index is 931. The van der Waals surface area contributed by atoms with Gasteiger partial charge in [-0.25, -0.2) is 4.98 Å². The minimum Gasteiger partial charge on any atom is -0.325 e. The summed E-state index contributed by atoms with van der Waals surface area (Å²) in [6, 6.07) is 4.13. The average molecular weight is 382 g/mol. The Labute approximate surface area is 162 Å². The maximum atomic E-state index is 12.4. The summed E-state index contributed by atoms with van der Waals surface area (Å²) in [6.07, 6.45) is 4.89. The third-order valence-electron chi connectivity index (χ3n) is 4.10. The largest absolute Gasteiger partial charge is 0.325 e. The molecular formula is C19H22N6OS. The highest BCUT2D eigenvalue weighted by Gasteiger charge is 2.16. The van der Waals surface area contributed by atoms with Crippen molar-refractivity contribution in [2.24, 2.45) is 0 Å². The fourth-order valence-electron chi connectivity index (χ4n) is 2.97. The lowest BCUT2D eigenvalue weighted by atomic mass is 10.1. The number of benzene rings is 1. The first-order chi connectivity index (χ1) is 13.0. The summed E-state index contributed by atoms with van der Waals surface area (Å²) in [6.45, 7) is 8.74. The Morgan fingerprint density at radius 3 is 2.52 bits per heavy atom. The monoisotopic (exact) mass is 382 g/mol. The van der Waals surface area contributed by atoms with Gasteiger partial charge in [0.15, 0.2) is 11.0 Å². The Hall–Kier alpha value is -2.74. The summed E-state index contributed by atoms with van der Waals surface area (Å²) in [5.74, 6) is 0.839. The molecule has 0 bridgehead atoms. The molecule has 2 aromatic heterocycles. The van der Waals surface area contributed by atoms with Crippen LogP contribution in [0, 0.1) is 20.8 Å². The highest BCUT2D eigenvalue weighted by atomic mass is 32.2. The van der Waals surface area contributed by atoms with Gasteiger partial charge in [-0.1, -0.05) is 29.5 Å². The summed E-state index contributed by atoms with van der Waals surface area (Å²) >= 11 is 1.36. The van der Waals surface area contributed by atoms with Crippen LogP contribution in [0.5, 0.6) is 0 Å². The van der Waals surface area contributed by atoms with E-state index < -0.39 is 0 Å². The number of nitrogens with one attached hydrogen (secondary N) is 1. The number of thioether (sulfide) groups is 1. The SMILES string of the molecule is CCn1c(SCC(=O)Nc2c(C)cc(C)cc2C)nnc1-c1cnccn1. The zero-order chi connectivity index (χ0) is 19.4. The third kappa shape index (κ3) is 4.33. The molecule has 0 atom stereocenters. The molecule has 140 valence electrons. The van der Waals surface area contributed by atoms with Gasteiger partial charge in [0.25, 0.3) is 0 Å². The topological polar surface area (TPSA) is 85.6 Å². The second kappa shape index (κ2) is 8.30. The Morgan fingerprint density at radius 1 is 1.15 bits per heavy atom. The van der Waals surface area contributed by atoms with Crippen molar-refractivity contribution in [2.75, 3.05) is 11.1 Å². The van der Waals surface area contributed by atoms with Crippen molar-refractivity contribution in [1.82, 2.24) is 24.7 Å². The molecule has 1 N–H and O–H groups in total. The molecule has 0 radical (unpaired) electrons. The van der Waals surface area contributed by atoms with E-state index in [2.05, 4.69) is 37.6 Å². The van der Waals surface area contributed by atoms with Crippen molar-refractivity contribution in [2.45, 2.75) is 39.4 Å². The van der Waals surface area contributed by atoms with E-state index in [0.717, 1.165) is 16.8 Å². The second-order valence-corrected chi connectivity index (χ2v) is 7.19. The molecule has 0 aliphatic heterocycles. The van der Waals surface area contributed by atoms with E-state index in [1.165, 1.54) is 17.3 Å². The molecule has 0 aliphatic rings. The van der Waals surface area contributed by atoms with Crippen molar-refractivity contribution in [1.29, 1.82) is 0 Å². The van der Waals surface area contributed by atoms with Gasteiger partial charge in [-0.2, -0.15) is 0 Å². The van der Waals surface area contributed by atoms with E-state index in [1.807, 2.05) is 32.3 Å². The number of carbonyl (C=O) groups is 1. The second-order valence-electron chi connectivity index (χ2n) is 6.25. The lowest BCUT2D eigenvalue weighted by Gasteiger charge is -2.12. The summed E-state index contributed by atoms with van der Waals surface area (Å²) in [4.78, 5) is 20.8. The normalized spacial score (nSPS) is 10.8. The van der Waals surface area contributed by atoms with Crippen LogP contribution in [0.3, 0.4) is 0 Å². The summed E-state index contributed by atoms with van der Waals surface area (Å²) in [5, 5.41) is 12.1. The number of aryl methyl sites for hydroxylation is 3. The average Bonchev–Trinajstić information content (AvgIpc) is 3.06. The van der Waals surface area contributed by atoms with Crippen LogP contribution in [0.1, 0.15) is 23.6 Å². The van der Waals surface area contributed by atoms with Crippen LogP contribution in [0.2, 0.25) is 0 Å². The van der Waals surface area contributed by atoms with Crippen molar-refractivity contribution in [3.05, 3.63) is 47.4 Å². The minimum absolute atomic E-state index is 0.0678. The number of carbonyl (C=O) groups excluding carboxylic acids is 1. The quantitative estimate of drug-likeness (QED) is 0.658. The summed E-state index contributed by atoms with van der Waals surface area (Å²) < 4.78 is 1.93. The predicted molar refractivity (Wildman–Crippen MR) is 107 cm³/mol. The number of hydrogen-bond donors (Lipinski definition) is 1. The first-order valence-electron chi connectivity index (χ1n) is 8.69. The molecule has 0 aliphatic carbocycles. The molecule has 0 saturated carbocycles. The number of hydrogen-bond acceptors (Lipinski definition) is 6. The molecule has 3 aromatic rings. The van der Waals surface area contributed by atoms with Crippen LogP contribution in [0.25, 0.3) is 11.5 Å². The molecule has 0 fully saturated rings. The van der Waals surface area contributed by atoms with Gasteiger partial charge in [-0.05, 0) is 38.8 Å². The summed E-state index contributed by atoms with van der Waals surface area (Å²) in [5.41, 5.74) is 4.85. The van der Waals surface area contributed by atoms with E-state index in [-0.39, 0.29) is 11.7 Å². The lowest BCUT2D eigenvalue weighted by molar-refractivity contribution is -0.113. The Morgan fingerprint density at radius 2 is 1.89 bits per heavy atom. The van der Waals surface area contributed by atoms with E-state index in [4.69, 9.17) is 0 Å². The maximum Gasteiger partial charge on any atom is 0.234 e. The lowest BCUT2D eigenvalue weighted by Crippen LogP contribution is -2.16. The van der Waals surface area contributed by atoms with Gasteiger partial charge in [0, 0.05) is 24.6 Å². The molecular weight excluding hydrogens is 360 g/mol. The number of rotatable bonds is 6. The number of nitrogens with zero attached hydrogens (tertiary/aromatic N) is 5. The van der Waals surface area contributed by atoms with Crippen molar-refractivity contribution < 1.29 is 4.79 Å². The van der Waals surface area contributed by atoms with Gasteiger partial charge in [0.2, 0.25) is 5.91 Å². The molecule has 0 unspecified atom stereocenters.